The van der Waals surface area contributed by atoms with E-state index in [1.54, 1.807) is 0 Å². The number of carbonyl (C=O) groups excluding carboxylic acids is 1. The van der Waals surface area contributed by atoms with Crippen LogP contribution in [0.2, 0.25) is 0 Å². The number of carboxylic acids is 1. The molecule has 1 aliphatic carbocycles. The van der Waals surface area contributed by atoms with Crippen LogP contribution in [-0.2, 0) is 4.79 Å². The molecule has 1 saturated heterocycles. The predicted molar refractivity (Wildman–Crippen MR) is 74.5 cm³/mol. The highest BCUT2D eigenvalue weighted by atomic mass is 32.2. The zero-order valence-electron chi connectivity index (χ0n) is 11.0. The lowest BCUT2D eigenvalue weighted by atomic mass is 10.4. The van der Waals surface area contributed by atoms with Crippen LogP contribution in [-0.4, -0.2) is 77.2 Å². The number of nitrogens with one attached hydrogen (secondary N) is 1. The lowest BCUT2D eigenvalue weighted by Crippen LogP contribution is -2.46. The Morgan fingerprint density at radius 1 is 1.32 bits per heavy atom. The molecule has 1 aliphatic heterocycles. The highest BCUT2D eigenvalue weighted by Gasteiger charge is 2.33. The monoisotopic (exact) mass is 287 g/mol. The third kappa shape index (κ3) is 4.91. The van der Waals surface area contributed by atoms with E-state index in [9.17, 15) is 9.59 Å². The number of hydrogen-bond acceptors (Lipinski definition) is 4. The highest BCUT2D eigenvalue weighted by molar-refractivity contribution is 7.99. The highest BCUT2D eigenvalue weighted by Crippen LogP contribution is 2.26. The molecular weight excluding hydrogens is 266 g/mol. The number of carboxylic acid groups (broad SMARTS) is 1. The number of aliphatic carboxylic acids is 1. The molecule has 0 radical (unpaired) electrons. The van der Waals surface area contributed by atoms with Gasteiger partial charge in [0.1, 0.15) is 6.54 Å². The second-order valence-corrected chi connectivity index (χ2v) is 6.16. The first-order chi connectivity index (χ1) is 9.16. The van der Waals surface area contributed by atoms with E-state index in [-0.39, 0.29) is 18.6 Å². The molecule has 0 aromatic rings. The minimum atomic E-state index is -0.949. The van der Waals surface area contributed by atoms with Crippen molar-refractivity contribution in [2.24, 2.45) is 0 Å². The molecule has 1 heterocycles. The van der Waals surface area contributed by atoms with Crippen LogP contribution in [0.1, 0.15) is 12.8 Å². The van der Waals surface area contributed by atoms with Gasteiger partial charge in [0.05, 0.1) is 0 Å². The Labute approximate surface area is 117 Å². The summed E-state index contributed by atoms with van der Waals surface area (Å²) in [6, 6.07) is -0.112. The number of urea groups is 1. The zero-order chi connectivity index (χ0) is 13.7. The summed E-state index contributed by atoms with van der Waals surface area (Å²) in [6.07, 6.45) is 1.84. The fourth-order valence-corrected chi connectivity index (χ4v) is 3.12. The first kappa shape index (κ1) is 14.5. The average molecular weight is 287 g/mol. The second kappa shape index (κ2) is 7.00. The van der Waals surface area contributed by atoms with E-state index in [0.29, 0.717) is 6.54 Å². The van der Waals surface area contributed by atoms with Crippen LogP contribution in [0.15, 0.2) is 0 Å². The SMILES string of the molecule is O=C(O)CN(C(=O)NCCN1CCSCC1)C1CC1. The summed E-state index contributed by atoms with van der Waals surface area (Å²) in [5, 5.41) is 11.6. The van der Waals surface area contributed by atoms with Crippen molar-refractivity contribution >= 4 is 23.8 Å². The van der Waals surface area contributed by atoms with Gasteiger partial charge in [-0.3, -0.25) is 9.69 Å². The fraction of sp³-hybridized carbons (Fsp3) is 0.833. The van der Waals surface area contributed by atoms with Gasteiger partial charge in [-0.2, -0.15) is 11.8 Å². The predicted octanol–water partition coefficient (Wildman–Crippen LogP) is 0.294. The molecule has 0 aromatic heterocycles. The maximum absolute atomic E-state index is 11.9. The van der Waals surface area contributed by atoms with Crippen molar-refractivity contribution in [2.45, 2.75) is 18.9 Å². The first-order valence-corrected chi connectivity index (χ1v) is 7.88. The number of nitrogens with zero attached hydrogens (tertiary/aromatic N) is 2. The smallest absolute Gasteiger partial charge is 0.323 e. The van der Waals surface area contributed by atoms with Gasteiger partial charge in [0.15, 0.2) is 0 Å². The van der Waals surface area contributed by atoms with Crippen LogP contribution >= 0.6 is 11.8 Å². The van der Waals surface area contributed by atoms with Crippen molar-refractivity contribution in [2.75, 3.05) is 44.2 Å². The summed E-state index contributed by atoms with van der Waals surface area (Å²) in [5.74, 6) is 1.36. The van der Waals surface area contributed by atoms with Crippen LogP contribution in [0.5, 0.6) is 0 Å². The second-order valence-electron chi connectivity index (χ2n) is 4.94. The Morgan fingerprint density at radius 3 is 2.58 bits per heavy atom. The van der Waals surface area contributed by atoms with E-state index >= 15 is 0 Å². The lowest BCUT2D eigenvalue weighted by molar-refractivity contribution is -0.137. The van der Waals surface area contributed by atoms with E-state index in [1.807, 2.05) is 11.8 Å². The minimum Gasteiger partial charge on any atom is -0.480 e. The van der Waals surface area contributed by atoms with E-state index in [4.69, 9.17) is 5.11 Å². The van der Waals surface area contributed by atoms with Crippen LogP contribution < -0.4 is 5.32 Å². The van der Waals surface area contributed by atoms with Crippen molar-refractivity contribution in [3.8, 4) is 0 Å². The van der Waals surface area contributed by atoms with Gasteiger partial charge in [-0.05, 0) is 12.8 Å². The maximum Gasteiger partial charge on any atom is 0.323 e. The van der Waals surface area contributed by atoms with Crippen molar-refractivity contribution in [3.05, 3.63) is 0 Å². The summed E-state index contributed by atoms with van der Waals surface area (Å²) >= 11 is 1.96. The molecule has 19 heavy (non-hydrogen) atoms. The van der Waals surface area contributed by atoms with Gasteiger partial charge in [0, 0.05) is 43.7 Å². The largest absolute Gasteiger partial charge is 0.480 e. The molecule has 108 valence electrons. The summed E-state index contributed by atoms with van der Waals surface area (Å²) in [5.41, 5.74) is 0. The van der Waals surface area contributed by atoms with E-state index in [0.717, 1.165) is 44.0 Å². The molecule has 2 amide bonds. The van der Waals surface area contributed by atoms with Crippen LogP contribution in [0.3, 0.4) is 0 Å². The van der Waals surface area contributed by atoms with Crippen molar-refractivity contribution < 1.29 is 14.7 Å². The quantitative estimate of drug-likeness (QED) is 0.735. The number of amides is 2. The molecular formula is C12H21N3O3S. The summed E-state index contributed by atoms with van der Waals surface area (Å²) in [4.78, 5) is 26.4. The van der Waals surface area contributed by atoms with Crippen LogP contribution in [0.25, 0.3) is 0 Å². The third-order valence-electron chi connectivity index (χ3n) is 3.36. The molecule has 2 rings (SSSR count). The van der Waals surface area contributed by atoms with Gasteiger partial charge >= 0.3 is 12.0 Å². The Hall–Kier alpha value is -0.950. The average Bonchev–Trinajstić information content (AvgIpc) is 3.21. The molecule has 0 atom stereocenters. The topological polar surface area (TPSA) is 72.9 Å². The Morgan fingerprint density at radius 2 is 2.00 bits per heavy atom. The molecule has 1 saturated carbocycles. The summed E-state index contributed by atoms with van der Waals surface area (Å²) < 4.78 is 0. The van der Waals surface area contributed by atoms with Gasteiger partial charge in [-0.25, -0.2) is 4.79 Å². The van der Waals surface area contributed by atoms with Gasteiger partial charge in [0.25, 0.3) is 0 Å². The molecule has 6 nitrogen and oxygen atoms in total. The fourth-order valence-electron chi connectivity index (χ4n) is 2.15. The zero-order valence-corrected chi connectivity index (χ0v) is 11.8. The normalized spacial score (nSPS) is 20.0. The standard InChI is InChI=1S/C12H21N3O3S/c16-11(17)9-15(10-1-2-10)12(18)13-3-4-14-5-7-19-8-6-14/h10H,1-9H2,(H,13,18)(H,16,17). The first-order valence-electron chi connectivity index (χ1n) is 6.73. The molecule has 0 bridgehead atoms. The maximum atomic E-state index is 11.9. The molecule has 2 N–H and O–H groups in total. The molecule has 0 spiro atoms. The number of hydrogen-bond donors (Lipinski definition) is 2. The van der Waals surface area contributed by atoms with Crippen molar-refractivity contribution in [1.29, 1.82) is 0 Å². The summed E-state index contributed by atoms with van der Waals surface area (Å²) in [7, 11) is 0. The molecule has 2 aliphatic rings. The third-order valence-corrected chi connectivity index (χ3v) is 4.30. The number of rotatable bonds is 6. The van der Waals surface area contributed by atoms with Gasteiger partial charge < -0.3 is 15.3 Å². The van der Waals surface area contributed by atoms with Crippen LogP contribution in [0, 0.1) is 0 Å². The van der Waals surface area contributed by atoms with Crippen LogP contribution in [0.4, 0.5) is 4.79 Å². The molecule has 7 heteroatoms. The lowest BCUT2D eigenvalue weighted by Gasteiger charge is -2.27. The van der Waals surface area contributed by atoms with Crippen molar-refractivity contribution in [3.63, 3.8) is 0 Å². The summed E-state index contributed by atoms with van der Waals surface area (Å²) in [6.45, 7) is 3.38. The van der Waals surface area contributed by atoms with E-state index < -0.39 is 5.97 Å². The van der Waals surface area contributed by atoms with Gasteiger partial charge in [0.2, 0.25) is 0 Å². The van der Waals surface area contributed by atoms with E-state index in [2.05, 4.69) is 10.2 Å². The van der Waals surface area contributed by atoms with Gasteiger partial charge in [-0.1, -0.05) is 0 Å². The molecule has 0 unspecified atom stereocenters. The Balaban J connectivity index is 1.68. The molecule has 0 aromatic carbocycles. The van der Waals surface area contributed by atoms with E-state index in [1.165, 1.54) is 4.90 Å². The number of thioether (sulfide) groups is 1. The number of carbonyl (C=O) groups is 2. The van der Waals surface area contributed by atoms with Gasteiger partial charge in [-0.15, -0.1) is 0 Å². The van der Waals surface area contributed by atoms with Crippen molar-refractivity contribution in [1.82, 2.24) is 15.1 Å². The molecule has 2 fully saturated rings. The Bertz CT molecular complexity index is 330. The Kier molecular flexibility index (Phi) is 5.33. The minimum absolute atomic E-state index is 0.127.